The molecule has 1 aliphatic heterocycles. The van der Waals surface area contributed by atoms with E-state index in [-0.39, 0.29) is 18.4 Å². The second kappa shape index (κ2) is 6.39. The van der Waals surface area contributed by atoms with Gasteiger partial charge < -0.3 is 9.84 Å². The lowest BCUT2D eigenvalue weighted by Gasteiger charge is -2.31. The average Bonchev–Trinajstić information content (AvgIpc) is 2.42. The molecule has 0 atom stereocenters. The molecule has 21 heavy (non-hydrogen) atoms. The SMILES string of the molecule is Cc1ccc(OCCN2CCC(F)(F)CC2)cc1C(=O)O. The number of halogens is 2. The maximum absolute atomic E-state index is 13.0. The fourth-order valence-corrected chi connectivity index (χ4v) is 2.32. The van der Waals surface area contributed by atoms with Gasteiger partial charge in [-0.2, -0.15) is 0 Å². The minimum atomic E-state index is -2.54. The first kappa shape index (κ1) is 15.7. The summed E-state index contributed by atoms with van der Waals surface area (Å²) in [5, 5.41) is 9.03. The molecule has 1 fully saturated rings. The van der Waals surface area contributed by atoms with E-state index in [1.807, 2.05) is 4.90 Å². The van der Waals surface area contributed by atoms with Crippen molar-refractivity contribution in [3.8, 4) is 5.75 Å². The number of nitrogens with zero attached hydrogens (tertiary/aromatic N) is 1. The first-order chi connectivity index (χ1) is 9.87. The van der Waals surface area contributed by atoms with Crippen LogP contribution >= 0.6 is 0 Å². The number of likely N-dealkylation sites (tertiary alicyclic amines) is 1. The fourth-order valence-electron chi connectivity index (χ4n) is 2.32. The zero-order valence-electron chi connectivity index (χ0n) is 11.9. The number of hydrogen-bond donors (Lipinski definition) is 1. The second-order valence-corrected chi connectivity index (χ2v) is 5.33. The summed E-state index contributed by atoms with van der Waals surface area (Å²) in [5.41, 5.74) is 0.887. The Balaban J connectivity index is 1.81. The summed E-state index contributed by atoms with van der Waals surface area (Å²) in [6.07, 6.45) is -0.221. The molecule has 0 radical (unpaired) electrons. The molecule has 0 saturated carbocycles. The van der Waals surface area contributed by atoms with Crippen molar-refractivity contribution in [2.75, 3.05) is 26.2 Å². The van der Waals surface area contributed by atoms with Crippen molar-refractivity contribution in [2.24, 2.45) is 0 Å². The van der Waals surface area contributed by atoms with Gasteiger partial charge in [0, 0.05) is 32.5 Å². The molecule has 0 unspecified atom stereocenters. The van der Waals surface area contributed by atoms with Gasteiger partial charge in [-0.05, 0) is 24.6 Å². The highest BCUT2D eigenvalue weighted by atomic mass is 19.3. The number of carboxylic acid groups (broad SMARTS) is 1. The van der Waals surface area contributed by atoms with Crippen LogP contribution in [0.1, 0.15) is 28.8 Å². The van der Waals surface area contributed by atoms with Gasteiger partial charge in [-0.15, -0.1) is 0 Å². The Morgan fingerprint density at radius 3 is 2.67 bits per heavy atom. The van der Waals surface area contributed by atoms with Gasteiger partial charge >= 0.3 is 5.97 Å². The molecular formula is C15H19F2NO3. The molecule has 0 bridgehead atoms. The van der Waals surface area contributed by atoms with Gasteiger partial charge in [0.05, 0.1) is 5.56 Å². The molecule has 0 amide bonds. The Bertz CT molecular complexity index is 510. The lowest BCUT2D eigenvalue weighted by molar-refractivity contribution is -0.0564. The summed E-state index contributed by atoms with van der Waals surface area (Å²) in [4.78, 5) is 13.0. The predicted octanol–water partition coefficient (Wildman–Crippen LogP) is 2.80. The third-order valence-electron chi connectivity index (χ3n) is 3.70. The molecule has 1 aliphatic rings. The second-order valence-electron chi connectivity index (χ2n) is 5.33. The molecule has 1 heterocycles. The number of carbonyl (C=O) groups is 1. The Labute approximate surface area is 122 Å². The lowest BCUT2D eigenvalue weighted by atomic mass is 10.1. The van der Waals surface area contributed by atoms with Gasteiger partial charge in [-0.3, -0.25) is 4.90 Å². The van der Waals surface area contributed by atoms with E-state index in [9.17, 15) is 13.6 Å². The highest BCUT2D eigenvalue weighted by Gasteiger charge is 2.33. The van der Waals surface area contributed by atoms with Crippen molar-refractivity contribution in [3.63, 3.8) is 0 Å². The topological polar surface area (TPSA) is 49.8 Å². The molecule has 1 saturated heterocycles. The Morgan fingerprint density at radius 1 is 1.38 bits per heavy atom. The zero-order valence-corrected chi connectivity index (χ0v) is 11.9. The van der Waals surface area contributed by atoms with Gasteiger partial charge in [-0.25, -0.2) is 13.6 Å². The zero-order chi connectivity index (χ0) is 15.5. The first-order valence-corrected chi connectivity index (χ1v) is 6.94. The van der Waals surface area contributed by atoms with Crippen molar-refractivity contribution in [3.05, 3.63) is 29.3 Å². The quantitative estimate of drug-likeness (QED) is 0.908. The monoisotopic (exact) mass is 299 g/mol. The maximum Gasteiger partial charge on any atom is 0.336 e. The van der Waals surface area contributed by atoms with Gasteiger partial charge in [-0.1, -0.05) is 6.07 Å². The molecule has 0 spiro atoms. The van der Waals surface area contributed by atoms with Crippen LogP contribution in [0.4, 0.5) is 8.78 Å². The highest BCUT2D eigenvalue weighted by Crippen LogP contribution is 2.27. The molecule has 0 aromatic heterocycles. The van der Waals surface area contributed by atoms with Crippen LogP contribution in [0.5, 0.6) is 5.75 Å². The summed E-state index contributed by atoms with van der Waals surface area (Å²) >= 11 is 0. The van der Waals surface area contributed by atoms with Gasteiger partial charge in [0.2, 0.25) is 0 Å². The average molecular weight is 299 g/mol. The maximum atomic E-state index is 13.0. The third-order valence-corrected chi connectivity index (χ3v) is 3.70. The Kier molecular flexibility index (Phi) is 4.77. The number of rotatable bonds is 5. The van der Waals surface area contributed by atoms with Crippen molar-refractivity contribution >= 4 is 5.97 Å². The molecule has 4 nitrogen and oxygen atoms in total. The van der Waals surface area contributed by atoms with Crippen molar-refractivity contribution in [2.45, 2.75) is 25.7 Å². The summed E-state index contributed by atoms with van der Waals surface area (Å²) < 4.78 is 31.5. The first-order valence-electron chi connectivity index (χ1n) is 6.94. The smallest absolute Gasteiger partial charge is 0.336 e. The number of hydrogen-bond acceptors (Lipinski definition) is 3. The Morgan fingerprint density at radius 2 is 2.05 bits per heavy atom. The van der Waals surface area contributed by atoms with Crippen LogP contribution < -0.4 is 4.74 Å². The van der Waals surface area contributed by atoms with Crippen LogP contribution in [0.25, 0.3) is 0 Å². The van der Waals surface area contributed by atoms with Crippen LogP contribution in [0.2, 0.25) is 0 Å². The number of alkyl halides is 2. The molecule has 1 aromatic rings. The number of carboxylic acids is 1. The van der Waals surface area contributed by atoms with E-state index < -0.39 is 11.9 Å². The van der Waals surface area contributed by atoms with E-state index in [1.165, 1.54) is 6.07 Å². The van der Waals surface area contributed by atoms with E-state index in [0.29, 0.717) is 37.6 Å². The lowest BCUT2D eigenvalue weighted by Crippen LogP contribution is -2.41. The molecule has 1 N–H and O–H groups in total. The van der Waals surface area contributed by atoms with Crippen LogP contribution in [-0.2, 0) is 0 Å². The van der Waals surface area contributed by atoms with E-state index >= 15 is 0 Å². The number of piperidine rings is 1. The Hall–Kier alpha value is -1.69. The van der Waals surface area contributed by atoms with Gasteiger partial charge in [0.25, 0.3) is 5.92 Å². The number of benzene rings is 1. The summed E-state index contributed by atoms with van der Waals surface area (Å²) in [5.74, 6) is -3.04. The standard InChI is InChI=1S/C15H19F2NO3/c1-11-2-3-12(10-13(11)14(19)20)21-9-8-18-6-4-15(16,17)5-7-18/h2-3,10H,4-9H2,1H3,(H,19,20). The fraction of sp³-hybridized carbons (Fsp3) is 0.533. The number of aromatic carboxylic acids is 1. The van der Waals surface area contributed by atoms with E-state index in [1.54, 1.807) is 19.1 Å². The van der Waals surface area contributed by atoms with Crippen LogP contribution in [0.3, 0.4) is 0 Å². The minimum absolute atomic E-state index is 0.110. The van der Waals surface area contributed by atoms with E-state index in [4.69, 9.17) is 9.84 Å². The highest BCUT2D eigenvalue weighted by molar-refractivity contribution is 5.89. The minimum Gasteiger partial charge on any atom is -0.492 e. The molecule has 2 rings (SSSR count). The van der Waals surface area contributed by atoms with E-state index in [0.717, 1.165) is 0 Å². The summed E-state index contributed by atoms with van der Waals surface area (Å²) in [6.45, 7) is 3.37. The van der Waals surface area contributed by atoms with Crippen molar-refractivity contribution in [1.29, 1.82) is 0 Å². The number of aryl methyl sites for hydroxylation is 1. The van der Waals surface area contributed by atoms with Crippen molar-refractivity contribution < 1.29 is 23.4 Å². The molecule has 1 aromatic carbocycles. The number of ether oxygens (including phenoxy) is 1. The normalized spacial score (nSPS) is 18.4. The molecular weight excluding hydrogens is 280 g/mol. The van der Waals surface area contributed by atoms with E-state index in [2.05, 4.69) is 0 Å². The molecule has 116 valence electrons. The van der Waals surface area contributed by atoms with Crippen LogP contribution in [0.15, 0.2) is 18.2 Å². The summed E-state index contributed by atoms with van der Waals surface area (Å²) in [6, 6.07) is 4.90. The van der Waals surface area contributed by atoms with Crippen LogP contribution in [-0.4, -0.2) is 48.1 Å². The van der Waals surface area contributed by atoms with Gasteiger partial charge in [0.1, 0.15) is 12.4 Å². The van der Waals surface area contributed by atoms with Gasteiger partial charge in [0.15, 0.2) is 0 Å². The summed E-state index contributed by atoms with van der Waals surface area (Å²) in [7, 11) is 0. The third kappa shape index (κ3) is 4.39. The largest absolute Gasteiger partial charge is 0.492 e. The molecule has 0 aliphatic carbocycles. The predicted molar refractivity (Wildman–Crippen MR) is 74.3 cm³/mol. The van der Waals surface area contributed by atoms with Crippen molar-refractivity contribution in [1.82, 2.24) is 4.90 Å². The van der Waals surface area contributed by atoms with Crippen LogP contribution in [0, 0.1) is 6.92 Å². The molecule has 6 heteroatoms.